The molecule has 9 heteroatoms. The minimum Gasteiger partial charge on any atom is -0.382 e. The quantitative estimate of drug-likeness (QED) is 0.394. The molecule has 11 atom stereocenters. The largest absolute Gasteiger partial charge is 0.382 e. The van der Waals surface area contributed by atoms with E-state index in [0.717, 1.165) is 22.8 Å². The SMILES string of the molecule is C=C(I)CC(Cl)CCC12OC3C4OC(CC)CCC4OC4C3OC(O)(C4O1)C2O. The Morgan fingerprint density at radius 3 is 2.66 bits per heavy atom. The second-order valence-electron chi connectivity index (χ2n) is 8.87. The van der Waals surface area contributed by atoms with Gasteiger partial charge in [-0.2, -0.15) is 0 Å². The number of fused-ring (bicyclic) bond motifs is 1. The molecule has 2 N–H and O–H groups in total. The normalized spacial score (nSPS) is 53.6. The number of hydrogen-bond acceptors (Lipinski definition) is 7. The molecule has 6 aliphatic heterocycles. The van der Waals surface area contributed by atoms with E-state index in [2.05, 4.69) is 36.1 Å². The zero-order chi connectivity index (χ0) is 20.6. The van der Waals surface area contributed by atoms with Crippen LogP contribution in [0.5, 0.6) is 0 Å². The molecule has 6 saturated heterocycles. The van der Waals surface area contributed by atoms with Crippen molar-refractivity contribution in [2.75, 3.05) is 0 Å². The van der Waals surface area contributed by atoms with Crippen LogP contribution in [-0.2, 0) is 23.7 Å². The average Bonchev–Trinajstić information content (AvgIpc) is 2.99. The standard InChI is InChI=1S/C20H28ClIO7/c1-3-11-4-5-12-13(25-11)14-15-16(26-12)17-20(24,28-15)18(23)19(27-14,29-17)7-6-10(21)8-9(2)22/h10-18,23-24H,2-8H2,1H3. The Balaban J connectivity index is 1.43. The van der Waals surface area contributed by atoms with E-state index in [1.807, 2.05) is 0 Å². The molecule has 11 unspecified atom stereocenters. The van der Waals surface area contributed by atoms with Crippen molar-refractivity contribution in [1.82, 2.24) is 0 Å². The first-order valence-electron chi connectivity index (χ1n) is 10.5. The molecule has 164 valence electrons. The minimum absolute atomic E-state index is 0.129. The summed E-state index contributed by atoms with van der Waals surface area (Å²) in [5.41, 5.74) is 0. The Morgan fingerprint density at radius 1 is 1.17 bits per heavy atom. The van der Waals surface area contributed by atoms with Gasteiger partial charge in [0.25, 0.3) is 0 Å². The molecule has 0 radical (unpaired) electrons. The second kappa shape index (κ2) is 7.52. The molecule has 6 fully saturated rings. The summed E-state index contributed by atoms with van der Waals surface area (Å²) in [5, 5.41) is 22.1. The fourth-order valence-corrected chi connectivity index (χ4v) is 6.64. The van der Waals surface area contributed by atoms with Crippen molar-refractivity contribution in [3.8, 4) is 0 Å². The first kappa shape index (κ1) is 21.3. The van der Waals surface area contributed by atoms with Crippen LogP contribution in [0, 0.1) is 0 Å². The molecule has 0 aromatic heterocycles. The van der Waals surface area contributed by atoms with E-state index in [1.54, 1.807) is 0 Å². The van der Waals surface area contributed by atoms with E-state index in [4.69, 9.17) is 35.3 Å². The van der Waals surface area contributed by atoms with Crippen LogP contribution in [0.2, 0.25) is 0 Å². The molecule has 0 amide bonds. The van der Waals surface area contributed by atoms with Crippen molar-refractivity contribution in [2.45, 2.75) is 111 Å². The number of rotatable bonds is 6. The number of aliphatic hydroxyl groups excluding tert-OH is 1. The van der Waals surface area contributed by atoms with Gasteiger partial charge in [0.15, 0.2) is 6.10 Å². The van der Waals surface area contributed by atoms with Crippen LogP contribution < -0.4 is 0 Å². The Hall–Kier alpha value is 0.480. The third-order valence-electron chi connectivity index (χ3n) is 7.00. The van der Waals surface area contributed by atoms with Crippen LogP contribution in [-0.4, -0.2) is 76.0 Å². The van der Waals surface area contributed by atoms with Gasteiger partial charge >= 0.3 is 0 Å². The van der Waals surface area contributed by atoms with Crippen LogP contribution in [0.15, 0.2) is 10.2 Å². The Bertz CT molecular complexity index is 681. The molecule has 6 rings (SSSR count). The maximum atomic E-state index is 11.2. The maximum absolute atomic E-state index is 11.2. The number of allylic oxidation sites excluding steroid dienone is 1. The van der Waals surface area contributed by atoms with E-state index in [1.165, 1.54) is 0 Å². The van der Waals surface area contributed by atoms with Crippen LogP contribution in [0.25, 0.3) is 0 Å². The molecule has 0 aromatic carbocycles. The van der Waals surface area contributed by atoms with Gasteiger partial charge in [0.2, 0.25) is 11.6 Å². The monoisotopic (exact) mass is 542 g/mol. The third kappa shape index (κ3) is 3.24. The van der Waals surface area contributed by atoms with Crippen molar-refractivity contribution in [1.29, 1.82) is 0 Å². The highest BCUT2D eigenvalue weighted by Crippen LogP contribution is 2.57. The van der Waals surface area contributed by atoms with E-state index in [0.29, 0.717) is 19.3 Å². The van der Waals surface area contributed by atoms with E-state index < -0.39 is 42.1 Å². The van der Waals surface area contributed by atoms with E-state index >= 15 is 0 Å². The highest BCUT2D eigenvalue weighted by atomic mass is 127. The molecule has 0 spiro atoms. The molecule has 0 saturated carbocycles. The highest BCUT2D eigenvalue weighted by Gasteiger charge is 2.78. The summed E-state index contributed by atoms with van der Waals surface area (Å²) in [4.78, 5) is 0. The summed E-state index contributed by atoms with van der Waals surface area (Å²) in [6, 6.07) is 0. The number of aliphatic hydroxyl groups is 2. The summed E-state index contributed by atoms with van der Waals surface area (Å²) in [6.07, 6.45) is 0.278. The molecular weight excluding hydrogens is 515 g/mol. The van der Waals surface area contributed by atoms with Crippen molar-refractivity contribution >= 4 is 34.2 Å². The van der Waals surface area contributed by atoms with Crippen LogP contribution in [0.4, 0.5) is 0 Å². The molecule has 0 aliphatic carbocycles. The Morgan fingerprint density at radius 2 is 1.93 bits per heavy atom. The van der Waals surface area contributed by atoms with Gasteiger partial charge in [-0.05, 0) is 58.3 Å². The summed E-state index contributed by atoms with van der Waals surface area (Å²) in [6.45, 7) is 6.00. The zero-order valence-corrected chi connectivity index (χ0v) is 19.3. The van der Waals surface area contributed by atoms with Gasteiger partial charge in [0.1, 0.15) is 30.5 Å². The molecule has 6 aliphatic rings. The molecule has 6 bridgehead atoms. The average molecular weight is 543 g/mol. The van der Waals surface area contributed by atoms with Gasteiger partial charge in [-0.15, -0.1) is 11.6 Å². The second-order valence-corrected chi connectivity index (χ2v) is 11.0. The lowest BCUT2D eigenvalue weighted by Crippen LogP contribution is -2.62. The van der Waals surface area contributed by atoms with Crippen molar-refractivity contribution in [3.05, 3.63) is 10.2 Å². The van der Waals surface area contributed by atoms with Crippen LogP contribution in [0.1, 0.15) is 45.4 Å². The predicted molar refractivity (Wildman–Crippen MR) is 112 cm³/mol. The van der Waals surface area contributed by atoms with Crippen LogP contribution >= 0.6 is 34.2 Å². The Kier molecular flexibility index (Phi) is 5.53. The first-order valence-corrected chi connectivity index (χ1v) is 12.0. The molecule has 0 aromatic rings. The van der Waals surface area contributed by atoms with Gasteiger partial charge < -0.3 is 33.9 Å². The van der Waals surface area contributed by atoms with Gasteiger partial charge in [0.05, 0.1) is 12.2 Å². The fraction of sp³-hybridized carbons (Fsp3) is 0.900. The number of alkyl halides is 1. The van der Waals surface area contributed by atoms with Gasteiger partial charge in [0, 0.05) is 11.8 Å². The zero-order valence-electron chi connectivity index (χ0n) is 16.3. The fourth-order valence-electron chi connectivity index (χ4n) is 5.56. The van der Waals surface area contributed by atoms with Gasteiger partial charge in [-0.3, -0.25) is 0 Å². The summed E-state index contributed by atoms with van der Waals surface area (Å²) in [5.74, 6) is -3.25. The number of hydrogen-bond donors (Lipinski definition) is 2. The van der Waals surface area contributed by atoms with Gasteiger partial charge in [-0.1, -0.05) is 13.5 Å². The Labute approximate surface area is 189 Å². The number of halogens is 2. The third-order valence-corrected chi connectivity index (χ3v) is 7.81. The maximum Gasteiger partial charge on any atom is 0.227 e. The van der Waals surface area contributed by atoms with Crippen molar-refractivity contribution in [2.24, 2.45) is 0 Å². The summed E-state index contributed by atoms with van der Waals surface area (Å²) in [7, 11) is 0. The molecular formula is C20H28ClIO7. The lowest BCUT2D eigenvalue weighted by molar-refractivity contribution is -0.305. The lowest BCUT2D eigenvalue weighted by atomic mass is 9.86. The van der Waals surface area contributed by atoms with Crippen molar-refractivity contribution in [3.63, 3.8) is 0 Å². The number of ether oxygens (including phenoxy) is 5. The smallest absolute Gasteiger partial charge is 0.227 e. The highest BCUT2D eigenvalue weighted by molar-refractivity contribution is 14.1. The lowest BCUT2D eigenvalue weighted by Gasteiger charge is -2.47. The molecule has 6 heterocycles. The summed E-state index contributed by atoms with van der Waals surface area (Å²) < 4.78 is 32.2. The minimum atomic E-state index is -1.85. The van der Waals surface area contributed by atoms with Gasteiger partial charge in [-0.25, -0.2) is 0 Å². The summed E-state index contributed by atoms with van der Waals surface area (Å²) >= 11 is 8.61. The topological polar surface area (TPSA) is 86.6 Å². The first-order chi connectivity index (χ1) is 13.8. The van der Waals surface area contributed by atoms with Crippen molar-refractivity contribution < 1.29 is 33.9 Å². The van der Waals surface area contributed by atoms with Crippen LogP contribution in [0.3, 0.4) is 0 Å². The predicted octanol–water partition coefficient (Wildman–Crippen LogP) is 2.38. The van der Waals surface area contributed by atoms with E-state index in [-0.39, 0.29) is 23.7 Å². The van der Waals surface area contributed by atoms with E-state index in [9.17, 15) is 10.2 Å². The molecule has 29 heavy (non-hydrogen) atoms. The molecule has 7 nitrogen and oxygen atoms in total.